The van der Waals surface area contributed by atoms with Crippen LogP contribution < -0.4 is 4.74 Å². The zero-order valence-electron chi connectivity index (χ0n) is 19.0. The van der Waals surface area contributed by atoms with Crippen LogP contribution in [0.25, 0.3) is 17.1 Å². The summed E-state index contributed by atoms with van der Waals surface area (Å²) in [4.78, 5) is 9.43. The monoisotopic (exact) mass is 450 g/mol. The van der Waals surface area contributed by atoms with Gasteiger partial charge >= 0.3 is 0 Å². The Balaban J connectivity index is 1.88. The number of pyridine rings is 1. The first kappa shape index (κ1) is 22.3. The number of benzene rings is 1. The number of hydrogen-bond donors (Lipinski definition) is 0. The number of ether oxygens (including phenoxy) is 2. The van der Waals surface area contributed by atoms with E-state index in [1.165, 1.54) is 0 Å². The van der Waals surface area contributed by atoms with Gasteiger partial charge in [0.2, 0.25) is 5.88 Å². The molecule has 7 heteroatoms. The molecule has 1 aliphatic rings. The lowest BCUT2D eigenvalue weighted by molar-refractivity contribution is -0.162. The quantitative estimate of drug-likeness (QED) is 0.493. The van der Waals surface area contributed by atoms with Crippen molar-refractivity contribution in [2.75, 3.05) is 7.11 Å². The molecule has 0 saturated carbocycles. The van der Waals surface area contributed by atoms with E-state index >= 15 is 0 Å². The van der Waals surface area contributed by atoms with Crippen molar-refractivity contribution in [1.29, 1.82) is 5.26 Å². The maximum atomic E-state index is 9.26. The van der Waals surface area contributed by atoms with E-state index in [2.05, 4.69) is 44.9 Å². The van der Waals surface area contributed by atoms with Crippen molar-refractivity contribution in [2.24, 2.45) is 0 Å². The van der Waals surface area contributed by atoms with Crippen LogP contribution in [0.4, 0.5) is 0 Å². The fourth-order valence-corrected chi connectivity index (χ4v) is 4.97. The normalized spacial score (nSPS) is 17.7. The van der Waals surface area contributed by atoms with Crippen molar-refractivity contribution < 1.29 is 9.47 Å². The number of nitriles is 1. The van der Waals surface area contributed by atoms with E-state index < -0.39 is 0 Å². The standard InChI is InChI=1S/C25H27ClN4O2/c1-24(2)12-17(13-25(3,4)32-24)21-15-30(18-9-8-16(14-27)20(26)11-18)22(29-21)19-7-6-10-28-23(19)31-5/h6-11,15,17H,12-13H2,1-5H3. The molecule has 3 heterocycles. The average Bonchev–Trinajstić information content (AvgIpc) is 3.17. The molecule has 4 rings (SSSR count). The summed E-state index contributed by atoms with van der Waals surface area (Å²) in [6, 6.07) is 11.3. The molecule has 2 aromatic heterocycles. The van der Waals surface area contributed by atoms with Gasteiger partial charge in [0.15, 0.2) is 0 Å². The molecule has 1 aliphatic heterocycles. The van der Waals surface area contributed by atoms with Crippen LogP contribution in [0.15, 0.2) is 42.7 Å². The lowest BCUT2D eigenvalue weighted by Crippen LogP contribution is -2.44. The molecule has 6 nitrogen and oxygen atoms in total. The molecule has 0 atom stereocenters. The second-order valence-electron chi connectivity index (χ2n) is 9.42. The van der Waals surface area contributed by atoms with E-state index in [0.29, 0.717) is 22.3 Å². The van der Waals surface area contributed by atoms with Gasteiger partial charge in [-0.3, -0.25) is 4.57 Å². The van der Waals surface area contributed by atoms with Crippen molar-refractivity contribution in [3.05, 3.63) is 59.0 Å². The summed E-state index contributed by atoms with van der Waals surface area (Å²) >= 11 is 6.36. The Hall–Kier alpha value is -2.88. The third kappa shape index (κ3) is 4.36. The van der Waals surface area contributed by atoms with Crippen LogP contribution in [0.2, 0.25) is 5.02 Å². The van der Waals surface area contributed by atoms with Gasteiger partial charge in [0.25, 0.3) is 0 Å². The molecule has 0 spiro atoms. The largest absolute Gasteiger partial charge is 0.480 e. The summed E-state index contributed by atoms with van der Waals surface area (Å²) in [5, 5.41) is 9.66. The summed E-state index contributed by atoms with van der Waals surface area (Å²) in [5.74, 6) is 1.44. The summed E-state index contributed by atoms with van der Waals surface area (Å²) in [5.41, 5.74) is 2.52. The van der Waals surface area contributed by atoms with Crippen LogP contribution in [0.5, 0.6) is 5.88 Å². The summed E-state index contributed by atoms with van der Waals surface area (Å²) in [6.07, 6.45) is 5.48. The van der Waals surface area contributed by atoms with Gasteiger partial charge in [-0.05, 0) is 70.9 Å². The highest BCUT2D eigenvalue weighted by atomic mass is 35.5. The van der Waals surface area contributed by atoms with Crippen molar-refractivity contribution in [1.82, 2.24) is 14.5 Å². The van der Waals surface area contributed by atoms with Crippen LogP contribution in [0.3, 0.4) is 0 Å². The van der Waals surface area contributed by atoms with Gasteiger partial charge in [-0.2, -0.15) is 5.26 Å². The zero-order chi connectivity index (χ0) is 23.1. The Labute approximate surface area is 193 Å². The first-order valence-electron chi connectivity index (χ1n) is 10.6. The van der Waals surface area contributed by atoms with Crippen LogP contribution in [-0.4, -0.2) is 32.8 Å². The van der Waals surface area contributed by atoms with Gasteiger partial charge in [0.05, 0.1) is 40.2 Å². The third-order valence-corrected chi connectivity index (χ3v) is 6.04. The van der Waals surface area contributed by atoms with Crippen LogP contribution >= 0.6 is 11.6 Å². The Morgan fingerprint density at radius 3 is 2.53 bits per heavy atom. The molecule has 0 radical (unpaired) electrons. The molecule has 1 saturated heterocycles. The predicted molar refractivity (Wildman–Crippen MR) is 124 cm³/mol. The highest BCUT2D eigenvalue weighted by Gasteiger charge is 2.41. The summed E-state index contributed by atoms with van der Waals surface area (Å²) < 4.78 is 13.8. The van der Waals surface area contributed by atoms with Crippen molar-refractivity contribution in [3.63, 3.8) is 0 Å². The molecular formula is C25H27ClN4O2. The Morgan fingerprint density at radius 2 is 1.91 bits per heavy atom. The molecular weight excluding hydrogens is 424 g/mol. The highest BCUT2D eigenvalue weighted by Crippen LogP contribution is 2.44. The SMILES string of the molecule is COc1ncccc1-c1nc(C2CC(C)(C)OC(C)(C)C2)cn1-c1ccc(C#N)c(Cl)c1. The van der Waals surface area contributed by atoms with Crippen LogP contribution in [0, 0.1) is 11.3 Å². The van der Waals surface area contributed by atoms with E-state index in [9.17, 15) is 5.26 Å². The highest BCUT2D eigenvalue weighted by molar-refractivity contribution is 6.31. The second kappa shape index (κ2) is 8.23. The van der Waals surface area contributed by atoms with E-state index in [1.807, 2.05) is 22.8 Å². The smallest absolute Gasteiger partial charge is 0.224 e. The molecule has 166 valence electrons. The first-order valence-corrected chi connectivity index (χ1v) is 11.0. The summed E-state index contributed by atoms with van der Waals surface area (Å²) in [7, 11) is 1.60. The van der Waals surface area contributed by atoms with Crippen molar-refractivity contribution in [2.45, 2.75) is 57.7 Å². The average molecular weight is 451 g/mol. The minimum Gasteiger partial charge on any atom is -0.480 e. The fourth-order valence-electron chi connectivity index (χ4n) is 4.75. The number of hydrogen-bond acceptors (Lipinski definition) is 5. The minimum atomic E-state index is -0.250. The molecule has 1 aromatic carbocycles. The number of halogens is 1. The van der Waals surface area contributed by atoms with Gasteiger partial charge in [-0.25, -0.2) is 9.97 Å². The minimum absolute atomic E-state index is 0.227. The molecule has 1 fully saturated rings. The maximum Gasteiger partial charge on any atom is 0.224 e. The molecule has 0 bridgehead atoms. The molecule has 0 N–H and O–H groups in total. The maximum absolute atomic E-state index is 9.26. The Kier molecular flexibility index (Phi) is 5.74. The van der Waals surface area contributed by atoms with Crippen LogP contribution in [0.1, 0.15) is 57.7 Å². The number of nitrogens with zero attached hydrogens (tertiary/aromatic N) is 4. The molecule has 0 unspecified atom stereocenters. The molecule has 0 aliphatic carbocycles. The van der Waals surface area contributed by atoms with Crippen LogP contribution in [-0.2, 0) is 4.74 Å². The third-order valence-electron chi connectivity index (χ3n) is 5.73. The predicted octanol–water partition coefficient (Wildman–Crippen LogP) is 5.92. The zero-order valence-corrected chi connectivity index (χ0v) is 19.8. The van der Waals surface area contributed by atoms with Gasteiger partial charge in [-0.15, -0.1) is 0 Å². The topological polar surface area (TPSA) is 73.0 Å². The lowest BCUT2D eigenvalue weighted by Gasteiger charge is -2.45. The molecule has 0 amide bonds. The van der Waals surface area contributed by atoms with Crippen molar-refractivity contribution >= 4 is 11.6 Å². The number of aromatic nitrogens is 3. The number of rotatable bonds is 4. The number of methoxy groups -OCH3 is 1. The van der Waals surface area contributed by atoms with E-state index in [1.54, 1.807) is 25.4 Å². The van der Waals surface area contributed by atoms with E-state index in [0.717, 1.165) is 29.8 Å². The number of imidazole rings is 1. The van der Waals surface area contributed by atoms with Gasteiger partial charge in [0.1, 0.15) is 11.9 Å². The van der Waals surface area contributed by atoms with E-state index in [-0.39, 0.29) is 17.1 Å². The second-order valence-corrected chi connectivity index (χ2v) is 9.83. The van der Waals surface area contributed by atoms with Gasteiger partial charge in [0, 0.05) is 24.0 Å². The Bertz CT molecular complexity index is 1180. The van der Waals surface area contributed by atoms with E-state index in [4.69, 9.17) is 26.1 Å². The molecule has 32 heavy (non-hydrogen) atoms. The lowest BCUT2D eigenvalue weighted by atomic mass is 9.79. The summed E-state index contributed by atoms with van der Waals surface area (Å²) in [6.45, 7) is 8.51. The van der Waals surface area contributed by atoms with Crippen molar-refractivity contribution in [3.8, 4) is 29.0 Å². The van der Waals surface area contributed by atoms with Gasteiger partial charge in [-0.1, -0.05) is 11.6 Å². The molecule has 3 aromatic rings. The van der Waals surface area contributed by atoms with Gasteiger partial charge < -0.3 is 9.47 Å². The fraction of sp³-hybridized carbons (Fsp3) is 0.400. The first-order chi connectivity index (χ1) is 15.1. The Morgan fingerprint density at radius 1 is 1.19 bits per heavy atom.